The van der Waals surface area contributed by atoms with Crippen LogP contribution in [0.2, 0.25) is 0 Å². The molecule has 0 aromatic heterocycles. The Morgan fingerprint density at radius 1 is 1.24 bits per heavy atom. The van der Waals surface area contributed by atoms with E-state index in [1.165, 1.54) is 23.5 Å². The number of halogens is 1. The van der Waals surface area contributed by atoms with Crippen LogP contribution in [0.4, 0.5) is 0 Å². The molecule has 1 nitrogen and oxygen atoms in total. The second-order valence-electron chi connectivity index (χ2n) is 4.02. The SMILES string of the molecule is CCSCCCNC(CC)c1ccc(Br)cc1. The molecule has 0 heterocycles. The van der Waals surface area contributed by atoms with E-state index in [1.54, 1.807) is 0 Å². The molecule has 0 saturated heterocycles. The highest BCUT2D eigenvalue weighted by Crippen LogP contribution is 2.19. The second kappa shape index (κ2) is 9.01. The summed E-state index contributed by atoms with van der Waals surface area (Å²) in [6, 6.07) is 9.13. The molecule has 1 unspecified atom stereocenters. The molecule has 17 heavy (non-hydrogen) atoms. The normalized spacial score (nSPS) is 12.6. The third-order valence-electron chi connectivity index (χ3n) is 2.74. The number of thioether (sulfide) groups is 1. The summed E-state index contributed by atoms with van der Waals surface area (Å²) in [5.74, 6) is 2.49. The summed E-state index contributed by atoms with van der Waals surface area (Å²) in [7, 11) is 0. The molecule has 1 rings (SSSR count). The van der Waals surface area contributed by atoms with Crippen molar-refractivity contribution in [3.05, 3.63) is 34.3 Å². The van der Waals surface area contributed by atoms with E-state index in [4.69, 9.17) is 0 Å². The van der Waals surface area contributed by atoms with Crippen LogP contribution in [0.15, 0.2) is 28.7 Å². The van der Waals surface area contributed by atoms with Gasteiger partial charge in [0.25, 0.3) is 0 Å². The van der Waals surface area contributed by atoms with Gasteiger partial charge in [-0.1, -0.05) is 41.9 Å². The number of benzene rings is 1. The highest BCUT2D eigenvalue weighted by molar-refractivity contribution is 9.10. The number of rotatable bonds is 8. The predicted molar refractivity (Wildman–Crippen MR) is 82.8 cm³/mol. The van der Waals surface area contributed by atoms with Gasteiger partial charge in [-0.2, -0.15) is 11.8 Å². The fourth-order valence-corrected chi connectivity index (χ4v) is 2.69. The highest BCUT2D eigenvalue weighted by Gasteiger charge is 2.07. The van der Waals surface area contributed by atoms with Gasteiger partial charge >= 0.3 is 0 Å². The number of nitrogens with one attached hydrogen (secondary N) is 1. The highest BCUT2D eigenvalue weighted by atomic mass is 79.9. The van der Waals surface area contributed by atoms with E-state index >= 15 is 0 Å². The first kappa shape index (κ1) is 15.1. The molecule has 0 aliphatic carbocycles. The maximum atomic E-state index is 3.64. The van der Waals surface area contributed by atoms with Crippen molar-refractivity contribution in [2.75, 3.05) is 18.1 Å². The third-order valence-corrected chi connectivity index (χ3v) is 4.26. The van der Waals surface area contributed by atoms with Crippen LogP contribution in [-0.4, -0.2) is 18.1 Å². The summed E-state index contributed by atoms with van der Waals surface area (Å²) < 4.78 is 1.15. The lowest BCUT2D eigenvalue weighted by atomic mass is 10.0. The van der Waals surface area contributed by atoms with Crippen LogP contribution in [0, 0.1) is 0 Å². The van der Waals surface area contributed by atoms with Gasteiger partial charge in [0.05, 0.1) is 0 Å². The topological polar surface area (TPSA) is 12.0 Å². The van der Waals surface area contributed by atoms with Gasteiger partial charge in [-0.05, 0) is 48.6 Å². The molecule has 0 amide bonds. The van der Waals surface area contributed by atoms with Gasteiger partial charge in [-0.25, -0.2) is 0 Å². The molecule has 0 saturated carbocycles. The van der Waals surface area contributed by atoms with Crippen LogP contribution in [0.1, 0.15) is 38.3 Å². The van der Waals surface area contributed by atoms with E-state index < -0.39 is 0 Å². The molecule has 0 spiro atoms. The van der Waals surface area contributed by atoms with Crippen molar-refractivity contribution in [3.8, 4) is 0 Å². The molecule has 1 N–H and O–H groups in total. The Kier molecular flexibility index (Phi) is 7.99. The van der Waals surface area contributed by atoms with Gasteiger partial charge in [-0.3, -0.25) is 0 Å². The summed E-state index contributed by atoms with van der Waals surface area (Å²) in [4.78, 5) is 0. The molecular formula is C14H22BrNS. The zero-order valence-corrected chi connectivity index (χ0v) is 13.1. The average Bonchev–Trinajstić information content (AvgIpc) is 2.35. The van der Waals surface area contributed by atoms with Crippen molar-refractivity contribution in [2.45, 2.75) is 32.7 Å². The Hall–Kier alpha value is 0.01000. The number of hydrogen-bond donors (Lipinski definition) is 1. The molecule has 96 valence electrons. The summed E-state index contributed by atoms with van der Waals surface area (Å²) in [6.07, 6.45) is 2.40. The standard InChI is InChI=1S/C14H22BrNS/c1-3-14(16-10-5-11-17-4-2)12-6-8-13(15)9-7-12/h6-9,14,16H,3-5,10-11H2,1-2H3. The molecule has 3 heteroatoms. The van der Waals surface area contributed by atoms with Crippen LogP contribution in [-0.2, 0) is 0 Å². The van der Waals surface area contributed by atoms with Crippen molar-refractivity contribution in [3.63, 3.8) is 0 Å². The monoisotopic (exact) mass is 315 g/mol. The molecule has 0 radical (unpaired) electrons. The first-order valence-electron chi connectivity index (χ1n) is 6.34. The molecular weight excluding hydrogens is 294 g/mol. The van der Waals surface area contributed by atoms with Crippen molar-refractivity contribution in [2.24, 2.45) is 0 Å². The van der Waals surface area contributed by atoms with E-state index in [-0.39, 0.29) is 0 Å². The first-order chi connectivity index (χ1) is 8.27. The quantitative estimate of drug-likeness (QED) is 0.702. The predicted octanol–water partition coefficient (Wildman–Crippen LogP) is 4.63. The minimum Gasteiger partial charge on any atom is -0.310 e. The second-order valence-corrected chi connectivity index (χ2v) is 6.33. The molecule has 1 aromatic rings. The Balaban J connectivity index is 2.35. The molecule has 0 fully saturated rings. The maximum Gasteiger partial charge on any atom is 0.0317 e. The van der Waals surface area contributed by atoms with Crippen molar-refractivity contribution < 1.29 is 0 Å². The van der Waals surface area contributed by atoms with Crippen molar-refractivity contribution in [1.29, 1.82) is 0 Å². The van der Waals surface area contributed by atoms with Crippen molar-refractivity contribution >= 4 is 27.7 Å². The Morgan fingerprint density at radius 3 is 2.53 bits per heavy atom. The zero-order valence-electron chi connectivity index (χ0n) is 10.7. The van der Waals surface area contributed by atoms with Crippen LogP contribution in [0.25, 0.3) is 0 Å². The molecule has 0 bridgehead atoms. The van der Waals surface area contributed by atoms with E-state index in [0.29, 0.717) is 6.04 Å². The van der Waals surface area contributed by atoms with Gasteiger partial charge < -0.3 is 5.32 Å². The van der Waals surface area contributed by atoms with Gasteiger partial charge in [0.1, 0.15) is 0 Å². The lowest BCUT2D eigenvalue weighted by Gasteiger charge is -2.17. The van der Waals surface area contributed by atoms with E-state index in [9.17, 15) is 0 Å². The molecule has 0 aliphatic heterocycles. The van der Waals surface area contributed by atoms with Gasteiger partial charge in [0.2, 0.25) is 0 Å². The Morgan fingerprint density at radius 2 is 1.94 bits per heavy atom. The minimum atomic E-state index is 0.495. The van der Waals surface area contributed by atoms with Gasteiger partial charge in [0, 0.05) is 10.5 Å². The molecule has 0 aliphatic rings. The lowest BCUT2D eigenvalue weighted by Crippen LogP contribution is -2.22. The minimum absolute atomic E-state index is 0.495. The first-order valence-corrected chi connectivity index (χ1v) is 8.29. The summed E-state index contributed by atoms with van der Waals surface area (Å²) >= 11 is 5.49. The van der Waals surface area contributed by atoms with E-state index in [0.717, 1.165) is 17.4 Å². The number of hydrogen-bond acceptors (Lipinski definition) is 2. The summed E-state index contributed by atoms with van der Waals surface area (Å²) in [6.45, 7) is 5.57. The average molecular weight is 316 g/mol. The summed E-state index contributed by atoms with van der Waals surface area (Å²) in [5, 5.41) is 3.64. The maximum absolute atomic E-state index is 3.64. The molecule has 1 aromatic carbocycles. The van der Waals surface area contributed by atoms with Crippen LogP contribution >= 0.6 is 27.7 Å². The fraction of sp³-hybridized carbons (Fsp3) is 0.571. The largest absolute Gasteiger partial charge is 0.310 e. The van der Waals surface area contributed by atoms with Crippen LogP contribution in [0.3, 0.4) is 0 Å². The Bertz CT molecular complexity index is 300. The van der Waals surface area contributed by atoms with Gasteiger partial charge in [0.15, 0.2) is 0 Å². The molecule has 1 atom stereocenters. The van der Waals surface area contributed by atoms with E-state index in [2.05, 4.69) is 59.4 Å². The zero-order chi connectivity index (χ0) is 12.5. The van der Waals surface area contributed by atoms with Crippen molar-refractivity contribution in [1.82, 2.24) is 5.32 Å². The van der Waals surface area contributed by atoms with Crippen LogP contribution in [0.5, 0.6) is 0 Å². The fourth-order valence-electron chi connectivity index (χ4n) is 1.79. The Labute approximate surface area is 118 Å². The summed E-state index contributed by atoms with van der Waals surface area (Å²) in [5.41, 5.74) is 1.39. The lowest BCUT2D eigenvalue weighted by molar-refractivity contribution is 0.519. The smallest absolute Gasteiger partial charge is 0.0317 e. The third kappa shape index (κ3) is 5.94. The van der Waals surface area contributed by atoms with Crippen LogP contribution < -0.4 is 5.32 Å². The van der Waals surface area contributed by atoms with E-state index in [1.807, 2.05) is 11.8 Å². The van der Waals surface area contributed by atoms with Gasteiger partial charge in [-0.15, -0.1) is 0 Å².